The number of aliphatic carboxylic acids is 1. The maximum Gasteiger partial charge on any atom is 0.303 e. The van der Waals surface area contributed by atoms with Crippen molar-refractivity contribution in [1.29, 1.82) is 0 Å². The average molecular weight is 230 g/mol. The van der Waals surface area contributed by atoms with Gasteiger partial charge in [0.25, 0.3) is 0 Å². The molecule has 16 heavy (non-hydrogen) atoms. The molecule has 0 aromatic heterocycles. The lowest BCUT2D eigenvalue weighted by Crippen LogP contribution is -2.37. The van der Waals surface area contributed by atoms with Gasteiger partial charge in [-0.05, 0) is 6.42 Å². The Hall–Kier alpha value is -1.59. The molecule has 92 valence electrons. The van der Waals surface area contributed by atoms with E-state index in [0.29, 0.717) is 6.42 Å². The highest BCUT2D eigenvalue weighted by Gasteiger charge is 2.13. The van der Waals surface area contributed by atoms with E-state index in [-0.39, 0.29) is 31.2 Å². The fourth-order valence-electron chi connectivity index (χ4n) is 1.01. The minimum Gasteiger partial charge on any atom is -0.481 e. The molecule has 0 aliphatic rings. The van der Waals surface area contributed by atoms with Gasteiger partial charge in [0, 0.05) is 34.0 Å². The molecule has 0 fully saturated rings. The molecule has 0 atom stereocenters. The molecule has 0 aromatic rings. The standard InChI is InChI=1S/C10H18N2O4/c1-11(2)9(14)7-12(3)8(13)5-4-6-10(15)16/h4-7H2,1-3H3,(H,15,16). The molecule has 2 amide bonds. The summed E-state index contributed by atoms with van der Waals surface area (Å²) in [7, 11) is 4.76. The molecule has 0 saturated carbocycles. The summed E-state index contributed by atoms with van der Waals surface area (Å²) >= 11 is 0. The zero-order chi connectivity index (χ0) is 12.7. The van der Waals surface area contributed by atoms with Crippen molar-refractivity contribution in [3.8, 4) is 0 Å². The number of likely N-dealkylation sites (N-methyl/N-ethyl adjacent to an activating group) is 2. The second kappa shape index (κ2) is 6.81. The van der Waals surface area contributed by atoms with Gasteiger partial charge < -0.3 is 14.9 Å². The Balaban J connectivity index is 3.90. The summed E-state index contributed by atoms with van der Waals surface area (Å²) < 4.78 is 0. The lowest BCUT2D eigenvalue weighted by atomic mass is 10.2. The van der Waals surface area contributed by atoms with Gasteiger partial charge in [0.1, 0.15) is 0 Å². The number of nitrogens with zero attached hydrogens (tertiary/aromatic N) is 2. The SMILES string of the molecule is CN(C)C(=O)CN(C)C(=O)CCCC(=O)O. The molecule has 0 aliphatic heterocycles. The molecule has 0 spiro atoms. The molecule has 0 unspecified atom stereocenters. The van der Waals surface area contributed by atoms with Crippen molar-refractivity contribution >= 4 is 17.8 Å². The zero-order valence-electron chi connectivity index (χ0n) is 9.89. The molecule has 0 heterocycles. The number of hydrogen-bond acceptors (Lipinski definition) is 3. The summed E-state index contributed by atoms with van der Waals surface area (Å²) in [4.78, 5) is 35.7. The van der Waals surface area contributed by atoms with Gasteiger partial charge in [-0.15, -0.1) is 0 Å². The van der Waals surface area contributed by atoms with Crippen molar-refractivity contribution in [2.75, 3.05) is 27.7 Å². The third-order valence-corrected chi connectivity index (χ3v) is 2.08. The van der Waals surface area contributed by atoms with Crippen molar-refractivity contribution in [2.45, 2.75) is 19.3 Å². The van der Waals surface area contributed by atoms with Gasteiger partial charge in [-0.25, -0.2) is 0 Å². The average Bonchev–Trinajstić information content (AvgIpc) is 2.16. The molecule has 1 N–H and O–H groups in total. The van der Waals surface area contributed by atoms with Crippen molar-refractivity contribution < 1.29 is 19.5 Å². The first-order chi connectivity index (χ1) is 7.34. The van der Waals surface area contributed by atoms with Gasteiger partial charge in [0.2, 0.25) is 11.8 Å². The predicted molar refractivity (Wildman–Crippen MR) is 57.8 cm³/mol. The van der Waals surface area contributed by atoms with Gasteiger partial charge in [0.05, 0.1) is 6.54 Å². The summed E-state index contributed by atoms with van der Waals surface area (Å²) in [6.07, 6.45) is 0.430. The number of carboxylic acid groups (broad SMARTS) is 1. The molecule has 6 heteroatoms. The van der Waals surface area contributed by atoms with Crippen LogP contribution >= 0.6 is 0 Å². The topological polar surface area (TPSA) is 77.9 Å². The van der Waals surface area contributed by atoms with Crippen LogP contribution in [0.25, 0.3) is 0 Å². The summed E-state index contributed by atoms with van der Waals surface area (Å²) in [5.41, 5.74) is 0. The highest BCUT2D eigenvalue weighted by molar-refractivity contribution is 5.84. The normalized spacial score (nSPS) is 9.69. The van der Waals surface area contributed by atoms with Gasteiger partial charge in [-0.2, -0.15) is 0 Å². The first kappa shape index (κ1) is 14.4. The van der Waals surface area contributed by atoms with Crippen LogP contribution in [0.3, 0.4) is 0 Å². The van der Waals surface area contributed by atoms with E-state index < -0.39 is 5.97 Å². The monoisotopic (exact) mass is 230 g/mol. The van der Waals surface area contributed by atoms with Gasteiger partial charge in [-0.3, -0.25) is 14.4 Å². The molecule has 0 aliphatic carbocycles. The van der Waals surface area contributed by atoms with Crippen LogP contribution < -0.4 is 0 Å². The largest absolute Gasteiger partial charge is 0.481 e. The first-order valence-electron chi connectivity index (χ1n) is 5.00. The quantitative estimate of drug-likeness (QED) is 0.684. The smallest absolute Gasteiger partial charge is 0.303 e. The summed E-state index contributed by atoms with van der Waals surface area (Å²) in [5, 5.41) is 8.40. The third kappa shape index (κ3) is 6.00. The second-order valence-corrected chi connectivity index (χ2v) is 3.79. The Bertz CT molecular complexity index is 276. The molecule has 0 saturated heterocycles. The molecule has 0 bridgehead atoms. The minimum absolute atomic E-state index is 0.0266. The third-order valence-electron chi connectivity index (χ3n) is 2.08. The van der Waals surface area contributed by atoms with Gasteiger partial charge in [0.15, 0.2) is 0 Å². The van der Waals surface area contributed by atoms with E-state index in [0.717, 1.165) is 0 Å². The van der Waals surface area contributed by atoms with Crippen LogP contribution in [0.2, 0.25) is 0 Å². The highest BCUT2D eigenvalue weighted by Crippen LogP contribution is 2.00. The fourth-order valence-corrected chi connectivity index (χ4v) is 1.01. The van der Waals surface area contributed by atoms with Crippen LogP contribution in [0.1, 0.15) is 19.3 Å². The fraction of sp³-hybridized carbons (Fsp3) is 0.700. The Morgan fingerprint density at radius 3 is 2.00 bits per heavy atom. The Labute approximate surface area is 94.8 Å². The number of carbonyl (C=O) groups excluding carboxylic acids is 2. The number of amides is 2. The number of rotatable bonds is 6. The van der Waals surface area contributed by atoms with Crippen LogP contribution in [-0.2, 0) is 14.4 Å². The Morgan fingerprint density at radius 1 is 1.00 bits per heavy atom. The van der Waals surface area contributed by atoms with Gasteiger partial charge >= 0.3 is 5.97 Å². The van der Waals surface area contributed by atoms with Crippen LogP contribution in [-0.4, -0.2) is 60.4 Å². The van der Waals surface area contributed by atoms with E-state index in [1.165, 1.54) is 16.8 Å². The number of carboxylic acids is 1. The lowest BCUT2D eigenvalue weighted by molar-refractivity contribution is -0.139. The molecule has 0 radical (unpaired) electrons. The van der Waals surface area contributed by atoms with Crippen molar-refractivity contribution in [2.24, 2.45) is 0 Å². The van der Waals surface area contributed by atoms with E-state index in [1.54, 1.807) is 14.1 Å². The number of carbonyl (C=O) groups is 3. The molecule has 0 rings (SSSR count). The van der Waals surface area contributed by atoms with Crippen LogP contribution in [0.4, 0.5) is 0 Å². The van der Waals surface area contributed by atoms with Crippen molar-refractivity contribution in [1.82, 2.24) is 9.80 Å². The van der Waals surface area contributed by atoms with E-state index in [4.69, 9.17) is 5.11 Å². The van der Waals surface area contributed by atoms with E-state index in [1.807, 2.05) is 0 Å². The maximum atomic E-state index is 11.4. The maximum absolute atomic E-state index is 11.4. The summed E-state index contributed by atoms with van der Waals surface area (Å²) in [6.45, 7) is 0.0267. The Morgan fingerprint density at radius 2 is 1.56 bits per heavy atom. The summed E-state index contributed by atoms with van der Waals surface area (Å²) in [5.74, 6) is -1.29. The van der Waals surface area contributed by atoms with E-state index >= 15 is 0 Å². The number of hydrogen-bond donors (Lipinski definition) is 1. The predicted octanol–water partition coefficient (Wildman–Crippen LogP) is -0.212. The zero-order valence-corrected chi connectivity index (χ0v) is 9.89. The molecule has 0 aromatic carbocycles. The van der Waals surface area contributed by atoms with E-state index in [2.05, 4.69) is 0 Å². The molecule has 6 nitrogen and oxygen atoms in total. The lowest BCUT2D eigenvalue weighted by Gasteiger charge is -2.19. The Kier molecular flexibility index (Phi) is 6.14. The van der Waals surface area contributed by atoms with Crippen molar-refractivity contribution in [3.05, 3.63) is 0 Å². The second-order valence-electron chi connectivity index (χ2n) is 3.79. The van der Waals surface area contributed by atoms with Crippen molar-refractivity contribution in [3.63, 3.8) is 0 Å². The molecular weight excluding hydrogens is 212 g/mol. The van der Waals surface area contributed by atoms with Crippen LogP contribution in [0, 0.1) is 0 Å². The summed E-state index contributed by atoms with van der Waals surface area (Å²) in [6, 6.07) is 0. The first-order valence-corrected chi connectivity index (χ1v) is 5.00. The van der Waals surface area contributed by atoms with Crippen LogP contribution in [0.5, 0.6) is 0 Å². The molecular formula is C10H18N2O4. The van der Waals surface area contributed by atoms with Crippen LogP contribution in [0.15, 0.2) is 0 Å². The van der Waals surface area contributed by atoms with Gasteiger partial charge in [-0.1, -0.05) is 0 Å². The van der Waals surface area contributed by atoms with E-state index in [9.17, 15) is 14.4 Å². The minimum atomic E-state index is -0.917. The highest BCUT2D eigenvalue weighted by atomic mass is 16.4.